The summed E-state index contributed by atoms with van der Waals surface area (Å²) in [7, 11) is 0. The third-order valence-corrected chi connectivity index (χ3v) is 4.25. The number of hydrogen-bond acceptors (Lipinski definition) is 2. The number of aryl methyl sites for hydroxylation is 1. The van der Waals surface area contributed by atoms with Crippen LogP contribution < -0.4 is 5.32 Å². The summed E-state index contributed by atoms with van der Waals surface area (Å²) in [5.74, 6) is -0.184. The predicted octanol–water partition coefficient (Wildman–Crippen LogP) is 4.30. The molecular formula is C15H18FNS. The van der Waals surface area contributed by atoms with E-state index >= 15 is 0 Å². The largest absolute Gasteiger partial charge is 0.305 e. The number of benzene rings is 1. The monoisotopic (exact) mass is 263 g/mol. The minimum absolute atomic E-state index is 0.184. The van der Waals surface area contributed by atoms with Gasteiger partial charge in [-0.15, -0.1) is 11.3 Å². The first-order chi connectivity index (χ1) is 8.69. The molecule has 18 heavy (non-hydrogen) atoms. The normalized spacial score (nSPS) is 12.6. The molecule has 2 rings (SSSR count). The number of rotatable bonds is 5. The van der Waals surface area contributed by atoms with E-state index in [2.05, 4.69) is 31.3 Å². The fraction of sp³-hybridized carbons (Fsp3) is 0.333. The summed E-state index contributed by atoms with van der Waals surface area (Å²) < 4.78 is 12.8. The lowest BCUT2D eigenvalue weighted by Gasteiger charge is -2.13. The summed E-state index contributed by atoms with van der Waals surface area (Å²) in [4.78, 5) is 2.77. The molecule has 0 spiro atoms. The molecule has 0 fully saturated rings. The average molecular weight is 263 g/mol. The number of thiophene rings is 1. The third-order valence-electron chi connectivity index (χ3n) is 3.02. The maximum absolute atomic E-state index is 12.8. The van der Waals surface area contributed by atoms with Crippen LogP contribution in [0.1, 0.15) is 35.2 Å². The SMILES string of the molecule is CCc1ccc(CN[C@H](C)c2ccc(F)cc2)s1. The first-order valence-corrected chi connectivity index (χ1v) is 7.07. The summed E-state index contributed by atoms with van der Waals surface area (Å²) in [6.45, 7) is 5.13. The van der Waals surface area contributed by atoms with Crippen molar-refractivity contribution in [1.82, 2.24) is 5.32 Å². The lowest BCUT2D eigenvalue weighted by molar-refractivity contribution is 0.575. The van der Waals surface area contributed by atoms with Crippen LogP contribution in [-0.4, -0.2) is 0 Å². The molecule has 0 amide bonds. The molecule has 1 aromatic heterocycles. The molecule has 1 atom stereocenters. The predicted molar refractivity (Wildman–Crippen MR) is 75.4 cm³/mol. The topological polar surface area (TPSA) is 12.0 Å². The van der Waals surface area contributed by atoms with Gasteiger partial charge in [0.25, 0.3) is 0 Å². The van der Waals surface area contributed by atoms with Crippen LogP contribution in [0.4, 0.5) is 4.39 Å². The minimum atomic E-state index is -0.184. The highest BCUT2D eigenvalue weighted by molar-refractivity contribution is 7.11. The quantitative estimate of drug-likeness (QED) is 0.848. The van der Waals surface area contributed by atoms with Crippen LogP contribution in [0.25, 0.3) is 0 Å². The summed E-state index contributed by atoms with van der Waals surface area (Å²) in [6.07, 6.45) is 1.10. The second kappa shape index (κ2) is 6.12. The molecule has 0 bridgehead atoms. The highest BCUT2D eigenvalue weighted by Crippen LogP contribution is 2.19. The van der Waals surface area contributed by atoms with Gasteiger partial charge >= 0.3 is 0 Å². The second-order valence-corrected chi connectivity index (χ2v) is 5.63. The van der Waals surface area contributed by atoms with Crippen LogP contribution in [0.3, 0.4) is 0 Å². The highest BCUT2D eigenvalue weighted by atomic mass is 32.1. The van der Waals surface area contributed by atoms with Gasteiger partial charge in [-0.25, -0.2) is 4.39 Å². The lowest BCUT2D eigenvalue weighted by atomic mass is 10.1. The summed E-state index contributed by atoms with van der Waals surface area (Å²) in [6, 6.07) is 11.3. The number of halogens is 1. The van der Waals surface area contributed by atoms with Gasteiger partial charge in [0.2, 0.25) is 0 Å². The van der Waals surface area contributed by atoms with Crippen LogP contribution in [0, 0.1) is 5.82 Å². The molecule has 0 aliphatic carbocycles. The summed E-state index contributed by atoms with van der Waals surface area (Å²) in [5.41, 5.74) is 1.11. The smallest absolute Gasteiger partial charge is 0.123 e. The molecule has 1 aromatic carbocycles. The first kappa shape index (κ1) is 13.2. The summed E-state index contributed by atoms with van der Waals surface area (Å²) in [5, 5.41) is 3.46. The first-order valence-electron chi connectivity index (χ1n) is 6.25. The van der Waals surface area contributed by atoms with Crippen molar-refractivity contribution >= 4 is 11.3 Å². The van der Waals surface area contributed by atoms with E-state index in [0.717, 1.165) is 18.5 Å². The third kappa shape index (κ3) is 3.40. The molecule has 1 heterocycles. The van der Waals surface area contributed by atoms with Crippen molar-refractivity contribution in [2.75, 3.05) is 0 Å². The average Bonchev–Trinajstić information content (AvgIpc) is 2.85. The Morgan fingerprint density at radius 3 is 2.39 bits per heavy atom. The molecule has 0 aliphatic rings. The van der Waals surface area contributed by atoms with Gasteiger partial charge in [-0.05, 0) is 43.2 Å². The Balaban J connectivity index is 1.91. The van der Waals surface area contributed by atoms with E-state index in [1.165, 1.54) is 21.9 Å². The molecule has 3 heteroatoms. The molecule has 1 nitrogen and oxygen atoms in total. The zero-order valence-electron chi connectivity index (χ0n) is 10.7. The van der Waals surface area contributed by atoms with E-state index in [9.17, 15) is 4.39 Å². The molecule has 96 valence electrons. The minimum Gasteiger partial charge on any atom is -0.305 e. The van der Waals surface area contributed by atoms with E-state index in [1.807, 2.05) is 23.5 Å². The molecule has 2 aromatic rings. The van der Waals surface area contributed by atoms with E-state index in [-0.39, 0.29) is 11.9 Å². The van der Waals surface area contributed by atoms with Crippen molar-refractivity contribution in [3.63, 3.8) is 0 Å². The lowest BCUT2D eigenvalue weighted by Crippen LogP contribution is -2.17. The van der Waals surface area contributed by atoms with Crippen LogP contribution in [0.5, 0.6) is 0 Å². The Labute approximate surface area is 112 Å². The van der Waals surface area contributed by atoms with Gasteiger partial charge in [-0.2, -0.15) is 0 Å². The van der Waals surface area contributed by atoms with Gasteiger partial charge in [-0.3, -0.25) is 0 Å². The molecule has 0 saturated heterocycles. The Hall–Kier alpha value is -1.19. The molecular weight excluding hydrogens is 245 g/mol. The van der Waals surface area contributed by atoms with Gasteiger partial charge in [0.05, 0.1) is 0 Å². The van der Waals surface area contributed by atoms with Crippen LogP contribution in [0.15, 0.2) is 36.4 Å². The Bertz CT molecular complexity index is 489. The van der Waals surface area contributed by atoms with Crippen molar-refractivity contribution in [2.24, 2.45) is 0 Å². The molecule has 1 N–H and O–H groups in total. The Morgan fingerprint density at radius 2 is 1.78 bits per heavy atom. The van der Waals surface area contributed by atoms with Gasteiger partial charge in [-0.1, -0.05) is 19.1 Å². The van der Waals surface area contributed by atoms with Gasteiger partial charge in [0.1, 0.15) is 5.82 Å². The van der Waals surface area contributed by atoms with Crippen molar-refractivity contribution in [3.05, 3.63) is 57.5 Å². The zero-order chi connectivity index (χ0) is 13.0. The fourth-order valence-electron chi connectivity index (χ4n) is 1.83. The Morgan fingerprint density at radius 1 is 1.11 bits per heavy atom. The highest BCUT2D eigenvalue weighted by Gasteiger charge is 2.06. The molecule has 0 saturated carbocycles. The van der Waals surface area contributed by atoms with Crippen LogP contribution >= 0.6 is 11.3 Å². The van der Waals surface area contributed by atoms with Gasteiger partial charge in [0.15, 0.2) is 0 Å². The van der Waals surface area contributed by atoms with Crippen molar-refractivity contribution in [3.8, 4) is 0 Å². The van der Waals surface area contributed by atoms with E-state index in [4.69, 9.17) is 0 Å². The molecule has 0 unspecified atom stereocenters. The summed E-state index contributed by atoms with van der Waals surface area (Å²) >= 11 is 1.85. The maximum Gasteiger partial charge on any atom is 0.123 e. The van der Waals surface area contributed by atoms with E-state index in [1.54, 1.807) is 0 Å². The van der Waals surface area contributed by atoms with E-state index in [0.29, 0.717) is 0 Å². The molecule has 0 aliphatic heterocycles. The van der Waals surface area contributed by atoms with E-state index < -0.39 is 0 Å². The van der Waals surface area contributed by atoms with Crippen LogP contribution in [0.2, 0.25) is 0 Å². The van der Waals surface area contributed by atoms with Crippen molar-refractivity contribution in [1.29, 1.82) is 0 Å². The molecule has 0 radical (unpaired) electrons. The Kier molecular flexibility index (Phi) is 4.50. The van der Waals surface area contributed by atoms with Crippen LogP contribution in [-0.2, 0) is 13.0 Å². The van der Waals surface area contributed by atoms with Crippen molar-refractivity contribution in [2.45, 2.75) is 32.9 Å². The second-order valence-electron chi connectivity index (χ2n) is 4.38. The zero-order valence-corrected chi connectivity index (χ0v) is 11.6. The van der Waals surface area contributed by atoms with Gasteiger partial charge in [0, 0.05) is 22.3 Å². The fourth-order valence-corrected chi connectivity index (χ4v) is 2.74. The number of nitrogens with one attached hydrogen (secondary N) is 1. The van der Waals surface area contributed by atoms with Gasteiger partial charge < -0.3 is 5.32 Å². The number of hydrogen-bond donors (Lipinski definition) is 1. The van der Waals surface area contributed by atoms with Crippen molar-refractivity contribution < 1.29 is 4.39 Å². The standard InChI is InChI=1S/C15H18FNS/c1-3-14-8-9-15(18-14)10-17-11(2)12-4-6-13(16)7-5-12/h4-9,11,17H,3,10H2,1-2H3/t11-/m1/s1. The maximum atomic E-state index is 12.8.